The zero-order valence-corrected chi connectivity index (χ0v) is 8.02. The molecule has 0 aromatic heterocycles. The summed E-state index contributed by atoms with van der Waals surface area (Å²) < 4.78 is 5.22. The van der Waals surface area contributed by atoms with Gasteiger partial charge in [0.05, 0.1) is 6.61 Å². The molecule has 0 rings (SSSR count). The second kappa shape index (κ2) is 5.11. The van der Waals surface area contributed by atoms with E-state index in [-0.39, 0.29) is 11.4 Å². The molecule has 0 spiro atoms. The van der Waals surface area contributed by atoms with Crippen LogP contribution in [0.5, 0.6) is 0 Å². The molecular weight excluding hydrogens is 156 g/mol. The number of hydrogen-bond acceptors (Lipinski definition) is 3. The Bertz CT molecular complexity index is 150. The van der Waals surface area contributed by atoms with E-state index in [0.717, 1.165) is 0 Å². The van der Waals surface area contributed by atoms with Crippen molar-refractivity contribution in [1.29, 1.82) is 0 Å². The number of likely N-dealkylation sites (N-methyl/N-ethyl adjacent to an activating group) is 1. The fourth-order valence-electron chi connectivity index (χ4n) is 0.923. The van der Waals surface area contributed by atoms with Crippen molar-refractivity contribution in [2.75, 3.05) is 20.3 Å². The molecule has 0 aromatic carbocycles. The zero-order valence-electron chi connectivity index (χ0n) is 8.02. The molecule has 3 N–H and O–H groups in total. The Labute approximate surface area is 73.5 Å². The third kappa shape index (κ3) is 4.31. The number of amides is 1. The van der Waals surface area contributed by atoms with Gasteiger partial charge < -0.3 is 15.8 Å². The Morgan fingerprint density at radius 2 is 2.25 bits per heavy atom. The second-order valence-corrected chi connectivity index (χ2v) is 3.09. The van der Waals surface area contributed by atoms with Crippen LogP contribution in [0.2, 0.25) is 0 Å². The first kappa shape index (κ1) is 11.4. The molecule has 0 radical (unpaired) electrons. The number of hydrogen-bond donors (Lipinski definition) is 2. The second-order valence-electron chi connectivity index (χ2n) is 3.09. The maximum atomic E-state index is 10.7. The number of carbonyl (C=O) groups excluding carboxylic acids is 1. The molecule has 1 atom stereocenters. The van der Waals surface area contributed by atoms with Gasteiger partial charge in [-0.2, -0.15) is 0 Å². The number of rotatable bonds is 6. The predicted octanol–water partition coefficient (Wildman–Crippen LogP) is -0.124. The molecule has 0 saturated carbocycles. The average Bonchev–Trinajstić information content (AvgIpc) is 2.00. The van der Waals surface area contributed by atoms with Crippen molar-refractivity contribution < 1.29 is 9.53 Å². The normalized spacial score (nSPS) is 15.6. The minimum atomic E-state index is -0.332. The summed E-state index contributed by atoms with van der Waals surface area (Å²) in [5.74, 6) is -0.313. The van der Waals surface area contributed by atoms with Crippen LogP contribution in [0.4, 0.5) is 0 Å². The first-order valence-corrected chi connectivity index (χ1v) is 4.09. The van der Waals surface area contributed by atoms with Gasteiger partial charge in [0.25, 0.3) is 0 Å². The first-order chi connectivity index (χ1) is 5.54. The summed E-state index contributed by atoms with van der Waals surface area (Å²) >= 11 is 0. The van der Waals surface area contributed by atoms with Gasteiger partial charge in [0, 0.05) is 18.6 Å². The van der Waals surface area contributed by atoms with Crippen molar-refractivity contribution in [2.24, 2.45) is 5.73 Å². The molecule has 0 aliphatic heterocycles. The molecule has 0 aromatic rings. The molecule has 4 nitrogen and oxygen atoms in total. The Morgan fingerprint density at radius 3 is 2.58 bits per heavy atom. The molecule has 0 saturated heterocycles. The number of nitrogens with two attached hydrogens (primary N) is 1. The minimum Gasteiger partial charge on any atom is -0.380 e. The number of primary amides is 1. The van der Waals surface area contributed by atoms with E-state index in [1.54, 1.807) is 7.05 Å². The van der Waals surface area contributed by atoms with Gasteiger partial charge in [-0.25, -0.2) is 0 Å². The van der Waals surface area contributed by atoms with E-state index in [2.05, 4.69) is 5.32 Å². The van der Waals surface area contributed by atoms with Crippen LogP contribution in [0.15, 0.2) is 0 Å². The Balaban J connectivity index is 3.95. The van der Waals surface area contributed by atoms with Crippen LogP contribution in [0.1, 0.15) is 20.3 Å². The van der Waals surface area contributed by atoms with Crippen LogP contribution >= 0.6 is 0 Å². The highest BCUT2D eigenvalue weighted by Crippen LogP contribution is 2.08. The van der Waals surface area contributed by atoms with E-state index >= 15 is 0 Å². The quantitative estimate of drug-likeness (QED) is 0.590. The maximum absolute atomic E-state index is 10.7. The van der Waals surface area contributed by atoms with Crippen LogP contribution in [0.25, 0.3) is 0 Å². The molecule has 72 valence electrons. The topological polar surface area (TPSA) is 64.3 Å². The van der Waals surface area contributed by atoms with Crippen LogP contribution in [0, 0.1) is 0 Å². The lowest BCUT2D eigenvalue weighted by Crippen LogP contribution is -2.47. The molecule has 0 heterocycles. The van der Waals surface area contributed by atoms with Crippen LogP contribution in [-0.4, -0.2) is 31.7 Å². The molecular formula is C8H18N2O2. The summed E-state index contributed by atoms with van der Waals surface area (Å²) in [7, 11) is 1.79. The van der Waals surface area contributed by atoms with Gasteiger partial charge in [-0.15, -0.1) is 0 Å². The number of carbonyl (C=O) groups is 1. The predicted molar refractivity (Wildman–Crippen MR) is 47.8 cm³/mol. The molecule has 0 fully saturated rings. The van der Waals surface area contributed by atoms with E-state index in [0.29, 0.717) is 19.6 Å². The summed E-state index contributed by atoms with van der Waals surface area (Å²) in [5.41, 5.74) is 4.76. The van der Waals surface area contributed by atoms with Gasteiger partial charge in [-0.05, 0) is 20.9 Å². The van der Waals surface area contributed by atoms with Crippen molar-refractivity contribution in [3.05, 3.63) is 0 Å². The van der Waals surface area contributed by atoms with Crippen molar-refractivity contribution >= 4 is 5.91 Å². The molecule has 12 heavy (non-hydrogen) atoms. The maximum Gasteiger partial charge on any atom is 0.219 e. The molecule has 0 aliphatic carbocycles. The highest BCUT2D eigenvalue weighted by molar-refractivity contribution is 5.75. The molecule has 1 unspecified atom stereocenters. The van der Waals surface area contributed by atoms with Gasteiger partial charge >= 0.3 is 0 Å². The fourth-order valence-corrected chi connectivity index (χ4v) is 0.923. The SMILES string of the molecule is CCOCC(C)(CC(N)=O)NC. The van der Waals surface area contributed by atoms with E-state index in [1.807, 2.05) is 13.8 Å². The lowest BCUT2D eigenvalue weighted by atomic mass is 9.99. The Kier molecular flexibility index (Phi) is 4.85. The highest BCUT2D eigenvalue weighted by atomic mass is 16.5. The fraction of sp³-hybridized carbons (Fsp3) is 0.875. The third-order valence-corrected chi connectivity index (χ3v) is 1.79. The van der Waals surface area contributed by atoms with Crippen molar-refractivity contribution in [3.63, 3.8) is 0 Å². The number of nitrogens with one attached hydrogen (secondary N) is 1. The summed E-state index contributed by atoms with van der Waals surface area (Å²) in [6.07, 6.45) is 0.295. The van der Waals surface area contributed by atoms with Crippen molar-refractivity contribution in [3.8, 4) is 0 Å². The average molecular weight is 174 g/mol. The standard InChI is InChI=1S/C8H18N2O2/c1-4-12-6-8(2,10-3)5-7(9)11/h10H,4-6H2,1-3H3,(H2,9,11). The smallest absolute Gasteiger partial charge is 0.219 e. The van der Waals surface area contributed by atoms with Crippen LogP contribution in [0.3, 0.4) is 0 Å². The van der Waals surface area contributed by atoms with E-state index in [9.17, 15) is 4.79 Å². The van der Waals surface area contributed by atoms with Gasteiger partial charge in [-0.3, -0.25) is 4.79 Å². The summed E-state index contributed by atoms with van der Waals surface area (Å²) in [6, 6.07) is 0. The number of ether oxygens (including phenoxy) is 1. The van der Waals surface area contributed by atoms with Crippen LogP contribution in [-0.2, 0) is 9.53 Å². The van der Waals surface area contributed by atoms with Gasteiger partial charge in [0.1, 0.15) is 0 Å². The van der Waals surface area contributed by atoms with Gasteiger partial charge in [-0.1, -0.05) is 0 Å². The van der Waals surface area contributed by atoms with Crippen LogP contribution < -0.4 is 11.1 Å². The molecule has 0 bridgehead atoms. The Hall–Kier alpha value is -0.610. The summed E-state index contributed by atoms with van der Waals surface area (Å²) in [4.78, 5) is 10.7. The molecule has 4 heteroatoms. The van der Waals surface area contributed by atoms with Crippen molar-refractivity contribution in [2.45, 2.75) is 25.8 Å². The van der Waals surface area contributed by atoms with Crippen molar-refractivity contribution in [1.82, 2.24) is 5.32 Å². The first-order valence-electron chi connectivity index (χ1n) is 4.09. The lowest BCUT2D eigenvalue weighted by Gasteiger charge is -2.27. The van der Waals surface area contributed by atoms with Gasteiger partial charge in [0.2, 0.25) is 5.91 Å². The van der Waals surface area contributed by atoms with E-state index in [1.165, 1.54) is 0 Å². The third-order valence-electron chi connectivity index (χ3n) is 1.79. The van der Waals surface area contributed by atoms with E-state index in [4.69, 9.17) is 10.5 Å². The minimum absolute atomic E-state index is 0.295. The largest absolute Gasteiger partial charge is 0.380 e. The molecule has 1 amide bonds. The molecule has 0 aliphatic rings. The zero-order chi connectivity index (χ0) is 9.61. The summed E-state index contributed by atoms with van der Waals surface area (Å²) in [6.45, 7) is 4.98. The lowest BCUT2D eigenvalue weighted by molar-refractivity contribution is -0.119. The Morgan fingerprint density at radius 1 is 1.67 bits per heavy atom. The highest BCUT2D eigenvalue weighted by Gasteiger charge is 2.24. The monoisotopic (exact) mass is 174 g/mol. The summed E-state index contributed by atoms with van der Waals surface area (Å²) in [5, 5.41) is 3.02. The van der Waals surface area contributed by atoms with E-state index < -0.39 is 0 Å². The van der Waals surface area contributed by atoms with Gasteiger partial charge in [0.15, 0.2) is 0 Å².